The Kier molecular flexibility index (Phi) is 6.74. The first kappa shape index (κ1) is 34.4. The lowest BCUT2D eigenvalue weighted by atomic mass is 9.81. The molecule has 0 spiro atoms. The molecule has 8 aromatic rings. The van der Waals surface area contributed by atoms with E-state index in [1.54, 1.807) is 0 Å². The highest BCUT2D eigenvalue weighted by Gasteiger charge is 2.41. The van der Waals surface area contributed by atoms with Crippen molar-refractivity contribution in [3.63, 3.8) is 0 Å². The van der Waals surface area contributed by atoms with E-state index in [-0.39, 0.29) is 21.7 Å². The molecule has 57 heavy (non-hydrogen) atoms. The summed E-state index contributed by atoms with van der Waals surface area (Å²) in [6.45, 7) is 21.0. The second-order valence-corrected chi connectivity index (χ2v) is 19.4. The minimum atomic E-state index is -0.231. The molecule has 0 unspecified atom stereocenters. The minimum Gasteiger partial charge on any atom is -0.456 e. The van der Waals surface area contributed by atoms with Gasteiger partial charge in [0.25, 0.3) is 0 Å². The van der Waals surface area contributed by atoms with E-state index in [9.17, 15) is 0 Å². The fourth-order valence-corrected chi connectivity index (χ4v) is 10.8. The van der Waals surface area contributed by atoms with Crippen molar-refractivity contribution in [3.05, 3.63) is 172 Å². The third-order valence-corrected chi connectivity index (χ3v) is 14.0. The van der Waals surface area contributed by atoms with Crippen molar-refractivity contribution in [1.29, 1.82) is 0 Å². The molecule has 7 aromatic carbocycles. The molecule has 0 bridgehead atoms. The standard InChI is InChI=1S/C55H49NO/c1-52(2,3)32-21-24-38-41-30-40-37-26-23-34(29-46(37)55(8,9)47(40)31-50(41)57-49(38)27-32)56(33-22-25-36-35-15-10-12-17-42(35)54(6,7)45(36)28-33)48-20-14-19-44-51(48)39-16-11-13-18-43(39)53(44,4)5/h10-31H,1-9H3. The number of rotatable bonds is 3. The molecule has 0 radical (unpaired) electrons. The summed E-state index contributed by atoms with van der Waals surface area (Å²) in [7, 11) is 0. The van der Waals surface area contributed by atoms with E-state index in [4.69, 9.17) is 4.42 Å². The Morgan fingerprint density at radius 1 is 0.421 bits per heavy atom. The molecule has 0 saturated heterocycles. The van der Waals surface area contributed by atoms with E-state index in [1.807, 2.05) is 0 Å². The SMILES string of the molecule is CC(C)(C)c1ccc2c(c1)oc1cc3c(cc12)-c1ccc(N(c2ccc4c(c2)C(C)(C)c2ccccc2-4)c2cccc4c2-c2ccccc2C4(C)C)cc1C3(C)C. The zero-order chi connectivity index (χ0) is 39.4. The molecule has 3 aliphatic rings. The van der Waals surface area contributed by atoms with Gasteiger partial charge in [-0.3, -0.25) is 0 Å². The number of benzene rings is 7. The average Bonchev–Trinajstić information content (AvgIpc) is 3.82. The Morgan fingerprint density at radius 2 is 0.947 bits per heavy atom. The number of nitrogens with zero attached hydrogens (tertiary/aromatic N) is 1. The van der Waals surface area contributed by atoms with Crippen molar-refractivity contribution in [2.45, 2.75) is 84.0 Å². The second-order valence-electron chi connectivity index (χ2n) is 19.4. The Bertz CT molecular complexity index is 3030. The molecule has 0 N–H and O–H groups in total. The van der Waals surface area contributed by atoms with E-state index in [0.29, 0.717) is 0 Å². The van der Waals surface area contributed by atoms with Crippen LogP contribution in [0.4, 0.5) is 17.1 Å². The van der Waals surface area contributed by atoms with E-state index in [1.165, 1.54) is 100 Å². The fourth-order valence-electron chi connectivity index (χ4n) is 10.8. The van der Waals surface area contributed by atoms with Crippen LogP contribution in [-0.2, 0) is 21.7 Å². The fraction of sp³-hybridized carbons (Fsp3) is 0.236. The lowest BCUT2D eigenvalue weighted by Crippen LogP contribution is -2.18. The van der Waals surface area contributed by atoms with Crippen LogP contribution in [0.15, 0.2) is 138 Å². The van der Waals surface area contributed by atoms with Gasteiger partial charge in [0.05, 0.1) is 5.69 Å². The van der Waals surface area contributed by atoms with Crippen LogP contribution in [0.5, 0.6) is 0 Å². The van der Waals surface area contributed by atoms with Gasteiger partial charge in [0.15, 0.2) is 0 Å². The smallest absolute Gasteiger partial charge is 0.135 e. The minimum absolute atomic E-state index is 0.0574. The number of furan rings is 1. The summed E-state index contributed by atoms with van der Waals surface area (Å²) in [6.07, 6.45) is 0. The summed E-state index contributed by atoms with van der Waals surface area (Å²) in [5.41, 5.74) is 22.5. The first-order valence-electron chi connectivity index (χ1n) is 20.6. The third kappa shape index (κ3) is 4.59. The first-order chi connectivity index (χ1) is 27.2. The molecule has 2 heteroatoms. The van der Waals surface area contributed by atoms with Crippen molar-refractivity contribution in [2.75, 3.05) is 4.90 Å². The van der Waals surface area contributed by atoms with Crippen LogP contribution in [0, 0.1) is 0 Å². The molecular formula is C55H49NO. The van der Waals surface area contributed by atoms with Crippen LogP contribution in [0.25, 0.3) is 55.3 Å². The van der Waals surface area contributed by atoms with Gasteiger partial charge in [0.2, 0.25) is 0 Å². The number of hydrogen-bond acceptors (Lipinski definition) is 2. The highest BCUT2D eigenvalue weighted by atomic mass is 16.3. The summed E-state index contributed by atoms with van der Waals surface area (Å²) in [5, 5.41) is 2.36. The van der Waals surface area contributed by atoms with Crippen LogP contribution >= 0.6 is 0 Å². The predicted octanol–water partition coefficient (Wildman–Crippen LogP) is 15.3. The normalized spacial score (nSPS) is 16.2. The maximum atomic E-state index is 6.64. The maximum Gasteiger partial charge on any atom is 0.135 e. The van der Waals surface area contributed by atoms with Crippen molar-refractivity contribution in [2.24, 2.45) is 0 Å². The van der Waals surface area contributed by atoms with Gasteiger partial charge in [-0.1, -0.05) is 147 Å². The summed E-state index contributed by atoms with van der Waals surface area (Å²) < 4.78 is 6.64. The van der Waals surface area contributed by atoms with Gasteiger partial charge < -0.3 is 9.32 Å². The van der Waals surface area contributed by atoms with Crippen molar-refractivity contribution < 1.29 is 4.42 Å². The molecule has 1 aromatic heterocycles. The molecular weight excluding hydrogens is 691 g/mol. The molecule has 0 aliphatic heterocycles. The molecule has 0 amide bonds. The molecule has 1 heterocycles. The van der Waals surface area contributed by atoms with Crippen molar-refractivity contribution in [1.82, 2.24) is 0 Å². The Balaban J connectivity index is 1.12. The Morgan fingerprint density at radius 3 is 1.63 bits per heavy atom. The number of hydrogen-bond donors (Lipinski definition) is 0. The molecule has 2 nitrogen and oxygen atoms in total. The predicted molar refractivity (Wildman–Crippen MR) is 240 cm³/mol. The van der Waals surface area contributed by atoms with E-state index >= 15 is 0 Å². The highest BCUT2D eigenvalue weighted by molar-refractivity contribution is 6.08. The third-order valence-electron chi connectivity index (χ3n) is 14.0. The van der Waals surface area contributed by atoms with Crippen LogP contribution in [0.1, 0.15) is 101 Å². The molecule has 0 atom stereocenters. The quantitative estimate of drug-likeness (QED) is 0.179. The zero-order valence-corrected chi connectivity index (χ0v) is 34.6. The maximum absolute atomic E-state index is 6.64. The molecule has 0 saturated carbocycles. The van der Waals surface area contributed by atoms with Crippen LogP contribution in [0.2, 0.25) is 0 Å². The van der Waals surface area contributed by atoms with Gasteiger partial charge in [0, 0.05) is 44.0 Å². The number of anilines is 3. The van der Waals surface area contributed by atoms with Crippen LogP contribution in [0.3, 0.4) is 0 Å². The van der Waals surface area contributed by atoms with E-state index in [2.05, 4.69) is 201 Å². The molecule has 280 valence electrons. The lowest BCUT2D eigenvalue weighted by molar-refractivity contribution is 0.587. The van der Waals surface area contributed by atoms with Gasteiger partial charge in [-0.05, 0) is 121 Å². The average molecular weight is 740 g/mol. The van der Waals surface area contributed by atoms with Gasteiger partial charge >= 0.3 is 0 Å². The zero-order valence-electron chi connectivity index (χ0n) is 34.6. The summed E-state index contributed by atoms with van der Waals surface area (Å²) >= 11 is 0. The first-order valence-corrected chi connectivity index (χ1v) is 20.6. The summed E-state index contributed by atoms with van der Waals surface area (Å²) in [5.74, 6) is 0. The lowest BCUT2D eigenvalue weighted by Gasteiger charge is -2.31. The molecule has 11 rings (SSSR count). The Labute approximate surface area is 336 Å². The van der Waals surface area contributed by atoms with E-state index in [0.717, 1.165) is 11.2 Å². The molecule has 3 aliphatic carbocycles. The summed E-state index contributed by atoms with van der Waals surface area (Å²) in [4.78, 5) is 2.54. The van der Waals surface area contributed by atoms with Crippen molar-refractivity contribution in [3.8, 4) is 33.4 Å². The van der Waals surface area contributed by atoms with Gasteiger partial charge in [-0.2, -0.15) is 0 Å². The van der Waals surface area contributed by atoms with Gasteiger partial charge in [-0.15, -0.1) is 0 Å². The Hall–Kier alpha value is -5.86. The highest BCUT2D eigenvalue weighted by Crippen LogP contribution is 2.57. The largest absolute Gasteiger partial charge is 0.456 e. The van der Waals surface area contributed by atoms with Crippen LogP contribution in [-0.4, -0.2) is 0 Å². The van der Waals surface area contributed by atoms with Gasteiger partial charge in [0.1, 0.15) is 11.2 Å². The van der Waals surface area contributed by atoms with Gasteiger partial charge in [-0.25, -0.2) is 0 Å². The van der Waals surface area contributed by atoms with Crippen molar-refractivity contribution >= 4 is 39.0 Å². The molecule has 0 fully saturated rings. The topological polar surface area (TPSA) is 16.4 Å². The number of fused-ring (bicyclic) bond motifs is 12. The summed E-state index contributed by atoms with van der Waals surface area (Å²) in [6, 6.07) is 50.8. The monoisotopic (exact) mass is 739 g/mol. The van der Waals surface area contributed by atoms with Crippen LogP contribution < -0.4 is 4.90 Å². The van der Waals surface area contributed by atoms with E-state index < -0.39 is 0 Å². The second kappa shape index (κ2) is 11.2.